The molecule has 2 rings (SSSR count). The highest BCUT2D eigenvalue weighted by atomic mass is 35.5. The summed E-state index contributed by atoms with van der Waals surface area (Å²) in [5.74, 6) is -2.29. The van der Waals surface area contributed by atoms with Crippen LogP contribution in [0.3, 0.4) is 0 Å². The minimum absolute atomic E-state index is 0.0805. The van der Waals surface area contributed by atoms with E-state index in [1.165, 1.54) is 23.1 Å². The summed E-state index contributed by atoms with van der Waals surface area (Å²) in [6.45, 7) is 0.340. The Hall–Kier alpha value is -1.93. The summed E-state index contributed by atoms with van der Waals surface area (Å²) in [4.78, 5) is 25.3. The molecule has 1 atom stereocenters. The summed E-state index contributed by atoms with van der Waals surface area (Å²) in [5, 5.41) is 8.86. The molecule has 0 N–H and O–H groups in total. The molecule has 1 aromatic rings. The Labute approximate surface area is 120 Å². The lowest BCUT2D eigenvalue weighted by molar-refractivity contribution is -0.133. The van der Waals surface area contributed by atoms with E-state index in [-0.39, 0.29) is 12.1 Å². The van der Waals surface area contributed by atoms with Crippen LogP contribution >= 0.6 is 11.6 Å². The number of rotatable bonds is 3. The van der Waals surface area contributed by atoms with Crippen molar-refractivity contribution in [3.8, 4) is 6.07 Å². The Balaban J connectivity index is 2.29. The third-order valence-corrected chi connectivity index (χ3v) is 3.51. The van der Waals surface area contributed by atoms with E-state index in [9.17, 15) is 14.0 Å². The molecule has 0 unspecified atom stereocenters. The number of hydrogen-bond acceptors (Lipinski definition) is 3. The van der Waals surface area contributed by atoms with Gasteiger partial charge in [0.15, 0.2) is 5.78 Å². The number of carbonyl (C=O) groups excluding carboxylic acids is 2. The van der Waals surface area contributed by atoms with E-state index < -0.39 is 23.4 Å². The molecule has 0 aliphatic carbocycles. The molecule has 1 amide bonds. The number of anilines is 1. The number of nitriles is 1. The predicted octanol–water partition coefficient (Wildman–Crippen LogP) is 2.70. The van der Waals surface area contributed by atoms with Crippen molar-refractivity contribution in [3.63, 3.8) is 0 Å². The van der Waals surface area contributed by atoms with Gasteiger partial charge in [0, 0.05) is 11.6 Å². The number of nitrogens with zero attached hydrogens (tertiary/aromatic N) is 2. The van der Waals surface area contributed by atoms with E-state index >= 15 is 0 Å². The minimum Gasteiger partial charge on any atom is -0.309 e. The van der Waals surface area contributed by atoms with Crippen LogP contribution in [0.25, 0.3) is 0 Å². The van der Waals surface area contributed by atoms with E-state index in [1.54, 1.807) is 6.07 Å². The topological polar surface area (TPSA) is 61.2 Å². The highest BCUT2D eigenvalue weighted by Crippen LogP contribution is 2.29. The molecular weight excluding hydrogens is 283 g/mol. The monoisotopic (exact) mass is 294 g/mol. The summed E-state index contributed by atoms with van der Waals surface area (Å²) in [7, 11) is 0. The number of Topliss-reactive ketones (excluding diaryl/α,β-unsaturated/α-hetero) is 1. The molecule has 0 bridgehead atoms. The summed E-state index contributed by atoms with van der Waals surface area (Å²) in [5.41, 5.74) is 0.0805. The second-order valence-corrected chi connectivity index (χ2v) is 5.02. The fourth-order valence-corrected chi connectivity index (χ4v) is 2.47. The largest absolute Gasteiger partial charge is 0.309 e. The van der Waals surface area contributed by atoms with E-state index in [1.807, 2.05) is 0 Å². The first kappa shape index (κ1) is 14.5. The highest BCUT2D eigenvalue weighted by Gasteiger charge is 2.35. The molecule has 0 saturated carbocycles. The van der Waals surface area contributed by atoms with Gasteiger partial charge < -0.3 is 4.90 Å². The maximum absolute atomic E-state index is 13.8. The van der Waals surface area contributed by atoms with Crippen LogP contribution in [-0.4, -0.2) is 18.2 Å². The lowest BCUT2D eigenvalue weighted by Crippen LogP contribution is -2.44. The Bertz CT molecular complexity index is 597. The van der Waals surface area contributed by atoms with Gasteiger partial charge in [0.25, 0.3) is 0 Å². The van der Waals surface area contributed by atoms with Crippen molar-refractivity contribution < 1.29 is 14.0 Å². The molecule has 0 spiro atoms. The highest BCUT2D eigenvalue weighted by molar-refractivity contribution is 6.31. The van der Waals surface area contributed by atoms with E-state index in [2.05, 4.69) is 0 Å². The van der Waals surface area contributed by atoms with Crippen LogP contribution in [-0.2, 0) is 9.59 Å². The number of halogens is 2. The molecule has 20 heavy (non-hydrogen) atoms. The van der Waals surface area contributed by atoms with Crippen molar-refractivity contribution in [1.29, 1.82) is 5.26 Å². The SMILES string of the molecule is N#CCC(=O)[C@@H]1CCCN(c2cc(Cl)ccc2F)C1=O. The number of ketones is 1. The van der Waals surface area contributed by atoms with Gasteiger partial charge in [-0.05, 0) is 31.0 Å². The molecule has 1 heterocycles. The van der Waals surface area contributed by atoms with Gasteiger partial charge >= 0.3 is 0 Å². The minimum atomic E-state index is -0.859. The van der Waals surface area contributed by atoms with Crippen LogP contribution in [0.5, 0.6) is 0 Å². The average Bonchev–Trinajstić information content (AvgIpc) is 2.42. The molecule has 1 aliphatic heterocycles. The smallest absolute Gasteiger partial charge is 0.237 e. The zero-order valence-corrected chi connectivity index (χ0v) is 11.4. The Morgan fingerprint density at radius 3 is 3.00 bits per heavy atom. The van der Waals surface area contributed by atoms with Crippen LogP contribution in [0.4, 0.5) is 10.1 Å². The van der Waals surface area contributed by atoms with E-state index in [0.717, 1.165) is 0 Å². The van der Waals surface area contributed by atoms with Crippen LogP contribution in [0.1, 0.15) is 19.3 Å². The maximum atomic E-state index is 13.8. The molecule has 1 fully saturated rings. The summed E-state index contributed by atoms with van der Waals surface area (Å²) < 4.78 is 13.8. The van der Waals surface area contributed by atoms with Crippen molar-refractivity contribution in [2.24, 2.45) is 5.92 Å². The first-order chi connectivity index (χ1) is 9.54. The lowest BCUT2D eigenvalue weighted by Gasteiger charge is -2.31. The standard InChI is InChI=1S/C14H12ClFN2O2/c15-9-3-4-11(16)12(8-9)18-7-1-2-10(14(18)20)13(19)5-6-17/h3-4,8,10H,1-2,5,7H2/t10-/m0/s1. The lowest BCUT2D eigenvalue weighted by atomic mass is 9.91. The van der Waals surface area contributed by atoms with Crippen molar-refractivity contribution in [2.45, 2.75) is 19.3 Å². The molecule has 0 aromatic heterocycles. The normalized spacial score (nSPS) is 18.8. The third-order valence-electron chi connectivity index (χ3n) is 3.28. The van der Waals surface area contributed by atoms with Crippen LogP contribution in [0.15, 0.2) is 18.2 Å². The van der Waals surface area contributed by atoms with Gasteiger partial charge in [-0.15, -0.1) is 0 Å². The molecule has 0 radical (unpaired) electrons. The first-order valence-electron chi connectivity index (χ1n) is 6.20. The van der Waals surface area contributed by atoms with Crippen molar-refractivity contribution in [2.75, 3.05) is 11.4 Å². The second kappa shape index (κ2) is 6.02. The van der Waals surface area contributed by atoms with Gasteiger partial charge in [-0.3, -0.25) is 9.59 Å². The van der Waals surface area contributed by atoms with Gasteiger partial charge in [0.2, 0.25) is 5.91 Å². The van der Waals surface area contributed by atoms with Gasteiger partial charge in [0.05, 0.1) is 24.1 Å². The van der Waals surface area contributed by atoms with Crippen molar-refractivity contribution in [3.05, 3.63) is 29.0 Å². The van der Waals surface area contributed by atoms with Gasteiger partial charge in [-0.2, -0.15) is 5.26 Å². The third kappa shape index (κ3) is 2.81. The summed E-state index contributed by atoms with van der Waals surface area (Å²) in [6.07, 6.45) is 0.680. The predicted molar refractivity (Wildman–Crippen MR) is 71.7 cm³/mol. The number of piperidine rings is 1. The average molecular weight is 295 g/mol. The van der Waals surface area contributed by atoms with Crippen molar-refractivity contribution in [1.82, 2.24) is 0 Å². The van der Waals surface area contributed by atoms with Crippen LogP contribution in [0, 0.1) is 23.1 Å². The molecule has 1 aliphatic rings. The number of carbonyl (C=O) groups is 2. The van der Waals surface area contributed by atoms with Crippen LogP contribution in [0.2, 0.25) is 5.02 Å². The second-order valence-electron chi connectivity index (χ2n) is 4.58. The number of hydrogen-bond donors (Lipinski definition) is 0. The fourth-order valence-electron chi connectivity index (χ4n) is 2.31. The Kier molecular flexibility index (Phi) is 4.35. The molecule has 1 aromatic carbocycles. The molecular formula is C14H12ClFN2O2. The zero-order chi connectivity index (χ0) is 14.7. The van der Waals surface area contributed by atoms with Crippen LogP contribution < -0.4 is 4.90 Å². The number of benzene rings is 1. The maximum Gasteiger partial charge on any atom is 0.237 e. The first-order valence-corrected chi connectivity index (χ1v) is 6.58. The Morgan fingerprint density at radius 2 is 2.30 bits per heavy atom. The summed E-state index contributed by atoms with van der Waals surface area (Å²) >= 11 is 5.82. The summed E-state index contributed by atoms with van der Waals surface area (Å²) in [6, 6.07) is 5.69. The Morgan fingerprint density at radius 1 is 1.55 bits per heavy atom. The quantitative estimate of drug-likeness (QED) is 0.805. The zero-order valence-electron chi connectivity index (χ0n) is 10.6. The molecule has 4 nitrogen and oxygen atoms in total. The molecule has 1 saturated heterocycles. The molecule has 104 valence electrons. The fraction of sp³-hybridized carbons (Fsp3) is 0.357. The van der Waals surface area contributed by atoms with Crippen molar-refractivity contribution >= 4 is 29.0 Å². The van der Waals surface area contributed by atoms with Gasteiger partial charge in [-0.25, -0.2) is 4.39 Å². The van der Waals surface area contributed by atoms with Gasteiger partial charge in [0.1, 0.15) is 5.82 Å². The molecule has 6 heteroatoms. The number of amides is 1. The van der Waals surface area contributed by atoms with Gasteiger partial charge in [-0.1, -0.05) is 11.6 Å². The van der Waals surface area contributed by atoms with E-state index in [0.29, 0.717) is 24.4 Å². The van der Waals surface area contributed by atoms with E-state index in [4.69, 9.17) is 16.9 Å².